The van der Waals surface area contributed by atoms with Crippen molar-refractivity contribution >= 4 is 5.78 Å². The summed E-state index contributed by atoms with van der Waals surface area (Å²) in [6.45, 7) is 4.24. The highest BCUT2D eigenvalue weighted by Gasteiger charge is 2.81. The van der Waals surface area contributed by atoms with E-state index in [4.69, 9.17) is 4.74 Å². The number of fused-ring (bicyclic) bond motifs is 2. The normalized spacial score (nSPS) is 36.6. The van der Waals surface area contributed by atoms with Crippen LogP contribution in [-0.4, -0.2) is 41.8 Å². The van der Waals surface area contributed by atoms with Crippen molar-refractivity contribution in [1.29, 1.82) is 0 Å². The maximum absolute atomic E-state index is 13.8. The number of carbonyl (C=O) groups is 1. The van der Waals surface area contributed by atoms with Crippen molar-refractivity contribution < 1.29 is 36.6 Å². The van der Waals surface area contributed by atoms with Gasteiger partial charge in [0.05, 0.1) is 6.61 Å². The van der Waals surface area contributed by atoms with Crippen LogP contribution in [0.15, 0.2) is 12.2 Å². The number of hydrogen-bond acceptors (Lipinski definition) is 3. The molecule has 4 unspecified atom stereocenters. The van der Waals surface area contributed by atoms with Gasteiger partial charge in [-0.25, -0.2) is 8.78 Å². The van der Waals surface area contributed by atoms with E-state index in [1.54, 1.807) is 0 Å². The summed E-state index contributed by atoms with van der Waals surface area (Å²) in [5, 5.41) is 9.70. The third-order valence-electron chi connectivity index (χ3n) is 4.73. The number of halogens is 5. The first-order valence-corrected chi connectivity index (χ1v) is 6.86. The Labute approximate surface area is 124 Å². The van der Waals surface area contributed by atoms with Crippen LogP contribution in [0, 0.1) is 17.8 Å². The topological polar surface area (TPSA) is 46.5 Å². The molecule has 0 aromatic carbocycles. The fraction of sp³-hybridized carbons (Fsp3) is 0.786. The summed E-state index contributed by atoms with van der Waals surface area (Å²) in [5.74, 6) is -8.59. The lowest BCUT2D eigenvalue weighted by atomic mass is 9.74. The molecule has 0 saturated heterocycles. The van der Waals surface area contributed by atoms with Crippen LogP contribution in [0.3, 0.4) is 0 Å². The van der Waals surface area contributed by atoms with Crippen molar-refractivity contribution in [3.63, 3.8) is 0 Å². The van der Waals surface area contributed by atoms with Gasteiger partial charge in [-0.2, -0.15) is 13.2 Å². The number of Topliss-reactive ketones (excluding diaryl/α,β-unsaturated/α-hetero) is 1. The molecule has 22 heavy (non-hydrogen) atoms. The summed E-state index contributed by atoms with van der Waals surface area (Å²) in [6.07, 6.45) is -5.97. The lowest BCUT2D eigenvalue weighted by Crippen LogP contribution is -2.64. The van der Waals surface area contributed by atoms with Gasteiger partial charge in [0.25, 0.3) is 5.92 Å². The Kier molecular flexibility index (Phi) is 4.15. The minimum Gasteiger partial charge on any atom is -0.376 e. The van der Waals surface area contributed by atoms with E-state index in [2.05, 4.69) is 6.58 Å². The summed E-state index contributed by atoms with van der Waals surface area (Å²) in [7, 11) is 0. The van der Waals surface area contributed by atoms with Gasteiger partial charge in [-0.05, 0) is 31.3 Å². The molecule has 2 fully saturated rings. The van der Waals surface area contributed by atoms with Crippen molar-refractivity contribution in [3.8, 4) is 0 Å². The number of hydrogen-bond donors (Lipinski definition) is 1. The average molecular weight is 328 g/mol. The fourth-order valence-corrected chi connectivity index (χ4v) is 3.50. The Hall–Kier alpha value is -1.02. The van der Waals surface area contributed by atoms with Crippen LogP contribution in [0.25, 0.3) is 0 Å². The maximum atomic E-state index is 13.8. The average Bonchev–Trinajstić information content (AvgIpc) is 2.87. The summed E-state index contributed by atoms with van der Waals surface area (Å²) in [4.78, 5) is 11.3. The number of ether oxygens (including phenoxy) is 1. The standard InChI is InChI=1S/C14H17F5O3/c1-7(2)11(20)6-22-5-8-3-9-4-10(8)12(21,13(9,15)16)14(17,18)19/h8-10,21H,1,3-6H2,2H3. The van der Waals surface area contributed by atoms with Gasteiger partial charge in [0, 0.05) is 11.8 Å². The molecule has 1 N–H and O–H groups in total. The first-order chi connectivity index (χ1) is 9.93. The Morgan fingerprint density at radius 3 is 2.41 bits per heavy atom. The van der Waals surface area contributed by atoms with Crippen molar-refractivity contribution in [3.05, 3.63) is 12.2 Å². The van der Waals surface area contributed by atoms with E-state index in [0.29, 0.717) is 0 Å². The number of alkyl halides is 5. The highest BCUT2D eigenvalue weighted by atomic mass is 19.4. The zero-order chi connectivity index (χ0) is 16.9. The molecule has 3 nitrogen and oxygen atoms in total. The summed E-state index contributed by atoms with van der Waals surface area (Å²) in [6, 6.07) is 0. The first-order valence-electron chi connectivity index (χ1n) is 6.86. The van der Waals surface area contributed by atoms with Crippen molar-refractivity contribution in [2.75, 3.05) is 13.2 Å². The Morgan fingerprint density at radius 1 is 1.36 bits per heavy atom. The number of carbonyl (C=O) groups excluding carboxylic acids is 1. The van der Waals surface area contributed by atoms with E-state index in [-0.39, 0.29) is 25.2 Å². The fourth-order valence-electron chi connectivity index (χ4n) is 3.50. The SMILES string of the molecule is C=C(C)C(=O)COCC1CC2CC1C(O)(C(F)(F)F)C2(F)F. The minimum absolute atomic E-state index is 0.155. The van der Waals surface area contributed by atoms with Crippen LogP contribution >= 0.6 is 0 Å². The second-order valence-corrected chi connectivity index (χ2v) is 6.14. The van der Waals surface area contributed by atoms with Crippen LogP contribution < -0.4 is 0 Å². The third kappa shape index (κ3) is 2.36. The molecule has 2 aliphatic rings. The maximum Gasteiger partial charge on any atom is 0.423 e. The van der Waals surface area contributed by atoms with E-state index in [0.717, 1.165) is 0 Å². The number of rotatable bonds is 5. The molecule has 0 aliphatic heterocycles. The molecule has 2 bridgehead atoms. The van der Waals surface area contributed by atoms with Gasteiger partial charge in [-0.3, -0.25) is 4.79 Å². The van der Waals surface area contributed by atoms with E-state index < -0.39 is 47.7 Å². The van der Waals surface area contributed by atoms with Crippen LogP contribution in [0.4, 0.5) is 22.0 Å². The second-order valence-electron chi connectivity index (χ2n) is 6.14. The van der Waals surface area contributed by atoms with Crippen molar-refractivity contribution in [2.45, 2.75) is 37.5 Å². The lowest BCUT2D eigenvalue weighted by molar-refractivity contribution is -0.353. The van der Waals surface area contributed by atoms with Crippen LogP contribution in [0.5, 0.6) is 0 Å². The zero-order valence-corrected chi connectivity index (χ0v) is 11.9. The third-order valence-corrected chi connectivity index (χ3v) is 4.73. The Balaban J connectivity index is 2.07. The van der Waals surface area contributed by atoms with Gasteiger partial charge in [-0.1, -0.05) is 6.58 Å². The van der Waals surface area contributed by atoms with Gasteiger partial charge in [-0.15, -0.1) is 0 Å². The molecule has 2 saturated carbocycles. The van der Waals surface area contributed by atoms with E-state index >= 15 is 0 Å². The van der Waals surface area contributed by atoms with E-state index in [1.165, 1.54) is 6.92 Å². The highest BCUT2D eigenvalue weighted by molar-refractivity contribution is 5.95. The monoisotopic (exact) mass is 328 g/mol. The molecule has 0 aromatic heterocycles. The second kappa shape index (κ2) is 5.26. The zero-order valence-electron chi connectivity index (χ0n) is 11.9. The molecule has 0 amide bonds. The molecular weight excluding hydrogens is 311 g/mol. The molecule has 0 heterocycles. The van der Waals surface area contributed by atoms with Crippen LogP contribution in [0.2, 0.25) is 0 Å². The molecule has 2 aliphatic carbocycles. The van der Waals surface area contributed by atoms with Crippen molar-refractivity contribution in [2.24, 2.45) is 17.8 Å². The van der Waals surface area contributed by atoms with Gasteiger partial charge in [0.2, 0.25) is 5.60 Å². The smallest absolute Gasteiger partial charge is 0.376 e. The van der Waals surface area contributed by atoms with Crippen LogP contribution in [0.1, 0.15) is 19.8 Å². The van der Waals surface area contributed by atoms with E-state index in [1.807, 2.05) is 0 Å². The number of ketones is 1. The largest absolute Gasteiger partial charge is 0.423 e. The van der Waals surface area contributed by atoms with Gasteiger partial charge in [0.1, 0.15) is 6.61 Å². The predicted octanol–water partition coefficient (Wildman–Crippen LogP) is 2.73. The lowest BCUT2D eigenvalue weighted by Gasteiger charge is -2.43. The molecular formula is C14H17F5O3. The molecule has 126 valence electrons. The molecule has 0 radical (unpaired) electrons. The highest BCUT2D eigenvalue weighted by Crippen LogP contribution is 2.66. The molecule has 8 heteroatoms. The first kappa shape index (κ1) is 17.3. The van der Waals surface area contributed by atoms with Crippen LogP contribution in [-0.2, 0) is 9.53 Å². The summed E-state index contributed by atoms with van der Waals surface area (Å²) >= 11 is 0. The molecule has 4 atom stereocenters. The predicted molar refractivity (Wildman–Crippen MR) is 66.3 cm³/mol. The quantitative estimate of drug-likeness (QED) is 0.623. The van der Waals surface area contributed by atoms with Gasteiger partial charge in [0.15, 0.2) is 5.78 Å². The minimum atomic E-state index is -5.41. The summed E-state index contributed by atoms with van der Waals surface area (Å²) < 4.78 is 71.7. The Bertz CT molecular complexity index is 487. The van der Waals surface area contributed by atoms with E-state index in [9.17, 15) is 31.9 Å². The number of aliphatic hydroxyl groups is 1. The Morgan fingerprint density at radius 2 is 1.95 bits per heavy atom. The molecule has 0 spiro atoms. The molecule has 2 rings (SSSR count). The van der Waals surface area contributed by atoms with Gasteiger partial charge >= 0.3 is 6.18 Å². The van der Waals surface area contributed by atoms with Crippen molar-refractivity contribution in [1.82, 2.24) is 0 Å². The summed E-state index contributed by atoms with van der Waals surface area (Å²) in [5.41, 5.74) is -3.78. The molecule has 0 aromatic rings. The van der Waals surface area contributed by atoms with Gasteiger partial charge < -0.3 is 9.84 Å².